The monoisotopic (exact) mass is 199 g/mol. The molecule has 3 N–H and O–H groups in total. The maximum atomic E-state index is 11.6. The molecular formula is C10H21N3O. The molecule has 0 bridgehead atoms. The van der Waals surface area contributed by atoms with E-state index in [0.29, 0.717) is 5.92 Å². The van der Waals surface area contributed by atoms with Crippen molar-refractivity contribution in [2.75, 3.05) is 13.1 Å². The molecule has 1 rings (SSSR count). The van der Waals surface area contributed by atoms with E-state index in [2.05, 4.69) is 24.2 Å². The second-order valence-electron chi connectivity index (χ2n) is 4.29. The van der Waals surface area contributed by atoms with Gasteiger partial charge in [-0.15, -0.1) is 0 Å². The molecule has 0 aliphatic carbocycles. The quantitative estimate of drug-likeness (QED) is 0.395. The van der Waals surface area contributed by atoms with E-state index in [1.807, 2.05) is 0 Å². The highest BCUT2D eigenvalue weighted by molar-refractivity contribution is 5.81. The molecule has 4 heteroatoms. The molecular weight excluding hydrogens is 178 g/mol. The van der Waals surface area contributed by atoms with Crippen LogP contribution in [0.4, 0.5) is 0 Å². The summed E-state index contributed by atoms with van der Waals surface area (Å²) in [6.07, 6.45) is 3.67. The summed E-state index contributed by atoms with van der Waals surface area (Å²) >= 11 is 0. The standard InChI is InChI=1S/C10H21N3O/c1-8(2)9(10(14)12-11)13-6-4-3-5-7-13/h8-9H,3-7,11H2,1-2H3,(H,12,14)/t9-/m0/s1. The summed E-state index contributed by atoms with van der Waals surface area (Å²) in [7, 11) is 0. The molecule has 1 saturated heterocycles. The van der Waals surface area contributed by atoms with Gasteiger partial charge in [0.1, 0.15) is 0 Å². The Morgan fingerprint density at radius 2 is 1.86 bits per heavy atom. The van der Waals surface area contributed by atoms with Gasteiger partial charge in [-0.2, -0.15) is 0 Å². The first-order valence-electron chi connectivity index (χ1n) is 5.41. The second-order valence-corrected chi connectivity index (χ2v) is 4.29. The smallest absolute Gasteiger partial charge is 0.251 e. The molecule has 0 spiro atoms. The van der Waals surface area contributed by atoms with Gasteiger partial charge in [-0.1, -0.05) is 20.3 Å². The van der Waals surface area contributed by atoms with Crippen LogP contribution in [0.2, 0.25) is 0 Å². The van der Waals surface area contributed by atoms with E-state index in [-0.39, 0.29) is 11.9 Å². The van der Waals surface area contributed by atoms with Crippen LogP contribution in [0.15, 0.2) is 0 Å². The predicted molar refractivity (Wildman–Crippen MR) is 56.4 cm³/mol. The topological polar surface area (TPSA) is 58.4 Å². The molecule has 0 unspecified atom stereocenters. The van der Waals surface area contributed by atoms with Crippen LogP contribution in [-0.2, 0) is 4.79 Å². The Kier molecular flexibility index (Phi) is 4.35. The van der Waals surface area contributed by atoms with E-state index >= 15 is 0 Å². The van der Waals surface area contributed by atoms with Gasteiger partial charge in [-0.25, -0.2) is 5.84 Å². The van der Waals surface area contributed by atoms with E-state index in [1.165, 1.54) is 19.3 Å². The Labute approximate surface area is 85.8 Å². The summed E-state index contributed by atoms with van der Waals surface area (Å²) < 4.78 is 0. The molecule has 0 aromatic heterocycles. The summed E-state index contributed by atoms with van der Waals surface area (Å²) in [5, 5.41) is 0. The van der Waals surface area contributed by atoms with Gasteiger partial charge in [0.05, 0.1) is 6.04 Å². The number of carbonyl (C=O) groups is 1. The van der Waals surface area contributed by atoms with Crippen molar-refractivity contribution in [2.24, 2.45) is 11.8 Å². The molecule has 1 amide bonds. The number of nitrogens with zero attached hydrogens (tertiary/aromatic N) is 1. The molecule has 1 aliphatic rings. The third-order valence-corrected chi connectivity index (χ3v) is 2.83. The third kappa shape index (κ3) is 2.69. The van der Waals surface area contributed by atoms with Crippen molar-refractivity contribution in [3.05, 3.63) is 0 Å². The molecule has 14 heavy (non-hydrogen) atoms. The number of carbonyl (C=O) groups excluding carboxylic acids is 1. The van der Waals surface area contributed by atoms with Crippen LogP contribution in [0.5, 0.6) is 0 Å². The van der Waals surface area contributed by atoms with Crippen molar-refractivity contribution in [1.82, 2.24) is 10.3 Å². The number of piperidine rings is 1. The van der Waals surface area contributed by atoms with Crippen LogP contribution in [0.3, 0.4) is 0 Å². The van der Waals surface area contributed by atoms with Crippen molar-refractivity contribution in [3.63, 3.8) is 0 Å². The molecule has 0 radical (unpaired) electrons. The average Bonchev–Trinajstić information content (AvgIpc) is 2.19. The predicted octanol–water partition coefficient (Wildman–Crippen LogP) is 0.487. The highest BCUT2D eigenvalue weighted by atomic mass is 16.2. The maximum absolute atomic E-state index is 11.6. The lowest BCUT2D eigenvalue weighted by molar-refractivity contribution is -0.128. The number of hydrogen-bond donors (Lipinski definition) is 2. The van der Waals surface area contributed by atoms with Gasteiger partial charge in [0.2, 0.25) is 0 Å². The third-order valence-electron chi connectivity index (χ3n) is 2.83. The zero-order valence-corrected chi connectivity index (χ0v) is 9.12. The van der Waals surface area contributed by atoms with Gasteiger partial charge in [0, 0.05) is 0 Å². The molecule has 1 heterocycles. The molecule has 1 atom stereocenters. The average molecular weight is 199 g/mol. The molecule has 1 aliphatic heterocycles. The number of nitrogens with one attached hydrogen (secondary N) is 1. The van der Waals surface area contributed by atoms with Crippen molar-refractivity contribution in [1.29, 1.82) is 0 Å². The lowest BCUT2D eigenvalue weighted by Gasteiger charge is -2.35. The fourth-order valence-electron chi connectivity index (χ4n) is 2.17. The van der Waals surface area contributed by atoms with Crippen LogP contribution < -0.4 is 11.3 Å². The van der Waals surface area contributed by atoms with Gasteiger partial charge in [-0.05, 0) is 31.8 Å². The number of rotatable bonds is 3. The summed E-state index contributed by atoms with van der Waals surface area (Å²) in [5.41, 5.74) is 2.26. The van der Waals surface area contributed by atoms with E-state index < -0.39 is 0 Å². The number of hydrogen-bond acceptors (Lipinski definition) is 3. The molecule has 82 valence electrons. The largest absolute Gasteiger partial charge is 0.293 e. The highest BCUT2D eigenvalue weighted by Gasteiger charge is 2.28. The van der Waals surface area contributed by atoms with Crippen molar-refractivity contribution in [2.45, 2.75) is 39.2 Å². The van der Waals surface area contributed by atoms with Crippen LogP contribution in [0.1, 0.15) is 33.1 Å². The van der Waals surface area contributed by atoms with Crippen LogP contribution in [-0.4, -0.2) is 29.9 Å². The SMILES string of the molecule is CC(C)[C@@H](C(=O)NN)N1CCCCC1. The van der Waals surface area contributed by atoms with Crippen molar-refractivity contribution < 1.29 is 4.79 Å². The fourth-order valence-corrected chi connectivity index (χ4v) is 2.17. The van der Waals surface area contributed by atoms with Crippen LogP contribution >= 0.6 is 0 Å². The lowest BCUT2D eigenvalue weighted by atomic mass is 9.99. The summed E-state index contributed by atoms with van der Waals surface area (Å²) in [6, 6.07) is -0.0553. The second kappa shape index (κ2) is 5.32. The summed E-state index contributed by atoms with van der Waals surface area (Å²) in [4.78, 5) is 13.8. The van der Waals surface area contributed by atoms with Crippen LogP contribution in [0.25, 0.3) is 0 Å². The normalized spacial score (nSPS) is 20.9. The first-order chi connectivity index (χ1) is 6.66. The number of hydrazine groups is 1. The Hall–Kier alpha value is -0.610. The number of amides is 1. The Morgan fingerprint density at radius 3 is 2.29 bits per heavy atom. The minimum absolute atomic E-state index is 0.0538. The van der Waals surface area contributed by atoms with E-state index in [9.17, 15) is 4.79 Å². The van der Waals surface area contributed by atoms with Gasteiger partial charge in [0.15, 0.2) is 0 Å². The van der Waals surface area contributed by atoms with Crippen molar-refractivity contribution >= 4 is 5.91 Å². The van der Waals surface area contributed by atoms with Crippen molar-refractivity contribution in [3.8, 4) is 0 Å². The minimum atomic E-state index is -0.0553. The van der Waals surface area contributed by atoms with Gasteiger partial charge in [-0.3, -0.25) is 15.1 Å². The number of nitrogens with two attached hydrogens (primary N) is 1. The molecule has 0 aromatic rings. The maximum Gasteiger partial charge on any atom is 0.251 e. The van der Waals surface area contributed by atoms with E-state index in [0.717, 1.165) is 13.1 Å². The lowest BCUT2D eigenvalue weighted by Crippen LogP contribution is -2.53. The Morgan fingerprint density at radius 1 is 1.29 bits per heavy atom. The molecule has 1 fully saturated rings. The molecule has 0 aromatic carbocycles. The fraction of sp³-hybridized carbons (Fsp3) is 0.900. The van der Waals surface area contributed by atoms with Gasteiger partial charge < -0.3 is 0 Å². The summed E-state index contributed by atoms with van der Waals surface area (Å²) in [6.45, 7) is 6.18. The minimum Gasteiger partial charge on any atom is -0.293 e. The first kappa shape index (κ1) is 11.5. The Bertz CT molecular complexity index is 188. The zero-order chi connectivity index (χ0) is 10.6. The highest BCUT2D eigenvalue weighted by Crippen LogP contribution is 2.17. The number of likely N-dealkylation sites (tertiary alicyclic amines) is 1. The summed E-state index contributed by atoms with van der Waals surface area (Å²) in [5.74, 6) is 5.45. The molecule has 4 nitrogen and oxygen atoms in total. The van der Waals surface area contributed by atoms with E-state index in [4.69, 9.17) is 5.84 Å². The first-order valence-corrected chi connectivity index (χ1v) is 5.41. The van der Waals surface area contributed by atoms with E-state index in [1.54, 1.807) is 0 Å². The van der Waals surface area contributed by atoms with Gasteiger partial charge >= 0.3 is 0 Å². The zero-order valence-electron chi connectivity index (χ0n) is 9.12. The van der Waals surface area contributed by atoms with Crippen LogP contribution in [0, 0.1) is 5.92 Å². The Balaban J connectivity index is 2.60. The molecule has 0 saturated carbocycles. The van der Waals surface area contributed by atoms with Gasteiger partial charge in [0.25, 0.3) is 5.91 Å².